The molecule has 6 aromatic rings. The fourth-order valence-corrected chi connectivity index (χ4v) is 7.07. The lowest BCUT2D eigenvalue weighted by molar-refractivity contribution is -0.101. The molecule has 3 N–H and O–H groups in total. The number of nitrogens with one attached hydrogen (secondary N) is 1. The van der Waals surface area contributed by atoms with E-state index in [9.17, 15) is 24.2 Å². The predicted octanol–water partition coefficient (Wildman–Crippen LogP) is 3.14. The molecule has 7 heterocycles. The van der Waals surface area contributed by atoms with Crippen LogP contribution >= 0.6 is 0 Å². The van der Waals surface area contributed by atoms with Crippen molar-refractivity contribution in [3.63, 3.8) is 0 Å². The van der Waals surface area contributed by atoms with Gasteiger partial charge in [-0.1, -0.05) is 0 Å². The van der Waals surface area contributed by atoms with Crippen LogP contribution in [0.5, 0.6) is 0 Å². The molecule has 2 saturated heterocycles. The Morgan fingerprint density at radius 3 is 2.57 bits per heavy atom. The summed E-state index contributed by atoms with van der Waals surface area (Å²) in [6, 6.07) is 10.8. The Morgan fingerprint density at radius 1 is 1.04 bits per heavy atom. The van der Waals surface area contributed by atoms with Crippen molar-refractivity contribution in [1.82, 2.24) is 28.4 Å². The van der Waals surface area contributed by atoms with Crippen LogP contribution in [0.1, 0.15) is 12.5 Å². The molecule has 0 radical (unpaired) electrons. The van der Waals surface area contributed by atoms with Gasteiger partial charge in [0.05, 0.1) is 43.3 Å². The topological polar surface area (TPSA) is 142 Å². The Labute approximate surface area is 289 Å². The second kappa shape index (κ2) is 12.4. The van der Waals surface area contributed by atoms with Crippen LogP contribution in [0.25, 0.3) is 33.4 Å². The summed E-state index contributed by atoms with van der Waals surface area (Å²) in [5.74, 6) is -1.03. The van der Waals surface area contributed by atoms with E-state index in [4.69, 9.17) is 4.74 Å². The van der Waals surface area contributed by atoms with E-state index in [0.717, 1.165) is 22.9 Å². The first-order valence-corrected chi connectivity index (χ1v) is 16.4. The summed E-state index contributed by atoms with van der Waals surface area (Å²) in [6.07, 6.45) is 7.59. The van der Waals surface area contributed by atoms with Crippen molar-refractivity contribution in [2.24, 2.45) is 7.05 Å². The molecule has 8 rings (SSSR count). The first-order valence-electron chi connectivity index (χ1n) is 16.4. The minimum absolute atomic E-state index is 0.0341. The van der Waals surface area contributed by atoms with Crippen molar-refractivity contribution >= 4 is 33.6 Å². The van der Waals surface area contributed by atoms with Crippen LogP contribution in [0, 0.1) is 11.6 Å². The lowest BCUT2D eigenvalue weighted by Crippen LogP contribution is -2.65. The van der Waals surface area contributed by atoms with Crippen molar-refractivity contribution < 1.29 is 23.7 Å². The zero-order valence-corrected chi connectivity index (χ0v) is 27.8. The van der Waals surface area contributed by atoms with Crippen molar-refractivity contribution in [2.75, 3.05) is 43.1 Å². The first kappa shape index (κ1) is 32.7. The Balaban J connectivity index is 1.11. The monoisotopic (exact) mass is 696 g/mol. The maximum Gasteiger partial charge on any atom is 0.283 e. The minimum atomic E-state index is -1.11. The van der Waals surface area contributed by atoms with Crippen LogP contribution in [-0.4, -0.2) is 83.2 Å². The second-order valence-electron chi connectivity index (χ2n) is 13.1. The number of rotatable bonds is 7. The highest BCUT2D eigenvalue weighted by molar-refractivity contribution is 5.88. The summed E-state index contributed by atoms with van der Waals surface area (Å²) >= 11 is 0. The molecule has 0 unspecified atom stereocenters. The molecular weight excluding hydrogens is 662 g/mol. The Bertz CT molecular complexity index is 2440. The zero-order chi connectivity index (χ0) is 35.6. The van der Waals surface area contributed by atoms with Gasteiger partial charge in [-0.15, -0.1) is 0 Å². The van der Waals surface area contributed by atoms with Gasteiger partial charge in [-0.2, -0.15) is 0 Å². The maximum atomic E-state index is 15.5. The van der Waals surface area contributed by atoms with E-state index in [-0.39, 0.29) is 33.5 Å². The number of β-amino-alcohol motifs (C(OH)–C–C–N with tert-alkyl or cyclic N) is 1. The van der Waals surface area contributed by atoms with Gasteiger partial charge in [0.1, 0.15) is 34.4 Å². The third kappa shape index (κ3) is 5.54. The number of aliphatic hydroxyl groups is 2. The third-order valence-corrected chi connectivity index (χ3v) is 9.76. The molecule has 1 aromatic carbocycles. The number of hydrogen-bond donors (Lipinski definition) is 3. The summed E-state index contributed by atoms with van der Waals surface area (Å²) < 4.78 is 38.6. The quantitative estimate of drug-likeness (QED) is 0.228. The number of hydrogen-bond acceptors (Lipinski definition) is 10. The number of benzene rings is 1. The largest absolute Gasteiger partial charge is 0.392 e. The second-order valence-corrected chi connectivity index (χ2v) is 13.1. The predicted molar refractivity (Wildman–Crippen MR) is 186 cm³/mol. The molecule has 2 aliphatic heterocycles. The molecule has 0 aliphatic carbocycles. The number of aryl methyl sites for hydroxylation is 1. The zero-order valence-electron chi connectivity index (χ0n) is 27.8. The van der Waals surface area contributed by atoms with Gasteiger partial charge in [0, 0.05) is 68.0 Å². The molecular formula is C36H34F2N8O5. The molecule has 0 spiro atoms. The number of aromatic nitrogens is 5. The average molecular weight is 697 g/mol. The van der Waals surface area contributed by atoms with Gasteiger partial charge < -0.3 is 34.1 Å². The number of anilines is 3. The van der Waals surface area contributed by atoms with E-state index in [1.165, 1.54) is 39.7 Å². The van der Waals surface area contributed by atoms with Crippen molar-refractivity contribution in [3.05, 3.63) is 111 Å². The van der Waals surface area contributed by atoms with Crippen LogP contribution in [0.2, 0.25) is 0 Å². The molecule has 13 nitrogen and oxygen atoms in total. The van der Waals surface area contributed by atoms with Crippen LogP contribution < -0.4 is 21.3 Å². The van der Waals surface area contributed by atoms with Gasteiger partial charge >= 0.3 is 0 Å². The summed E-state index contributed by atoms with van der Waals surface area (Å²) in [4.78, 5) is 40.0. The Kier molecular flexibility index (Phi) is 7.94. The highest BCUT2D eigenvalue weighted by Crippen LogP contribution is 2.31. The first-order chi connectivity index (χ1) is 24.5. The van der Waals surface area contributed by atoms with Crippen LogP contribution in [0.15, 0.2) is 83.0 Å². The molecule has 5 aromatic heterocycles. The number of pyridine rings is 3. The summed E-state index contributed by atoms with van der Waals surface area (Å²) in [7, 11) is 1.59. The van der Waals surface area contributed by atoms with E-state index in [0.29, 0.717) is 54.8 Å². The van der Waals surface area contributed by atoms with E-state index in [1.54, 1.807) is 44.6 Å². The van der Waals surface area contributed by atoms with E-state index in [2.05, 4.69) is 20.2 Å². The lowest BCUT2D eigenvalue weighted by Gasteiger charge is -2.50. The van der Waals surface area contributed by atoms with Gasteiger partial charge in [0.25, 0.3) is 11.1 Å². The standard InChI is InChI=1S/C36H34F2N8O5/c1-36(50)20-43(24-18-51-19-24)9-12-46(36)23-4-6-30(40-15-23)41-28-13-21(16-42(2)34(28)48)25-7-8-39-33(27(25)17-47)45-11-10-44-29-5-3-22(37)14-26(29)31(38)32(44)35(45)49/h3-8,10-11,13-16,24,47,50H,9,12,17-20H2,1-2H3,(H,40,41)/t36-/m0/s1. The van der Waals surface area contributed by atoms with Crippen molar-refractivity contribution in [2.45, 2.75) is 25.3 Å². The fourth-order valence-electron chi connectivity index (χ4n) is 7.07. The van der Waals surface area contributed by atoms with Gasteiger partial charge in [0.2, 0.25) is 0 Å². The molecule has 0 saturated carbocycles. The lowest BCUT2D eigenvalue weighted by atomic mass is 10.0. The molecule has 2 fully saturated rings. The van der Waals surface area contributed by atoms with Crippen molar-refractivity contribution in [1.29, 1.82) is 0 Å². The molecule has 51 heavy (non-hydrogen) atoms. The highest BCUT2D eigenvalue weighted by Gasteiger charge is 2.40. The summed E-state index contributed by atoms with van der Waals surface area (Å²) in [5, 5.41) is 24.9. The van der Waals surface area contributed by atoms with Crippen LogP contribution in [0.4, 0.5) is 26.0 Å². The average Bonchev–Trinajstić information content (AvgIpc) is 3.37. The smallest absolute Gasteiger partial charge is 0.283 e. The van der Waals surface area contributed by atoms with E-state index >= 15 is 4.39 Å². The van der Waals surface area contributed by atoms with Crippen LogP contribution in [0.3, 0.4) is 0 Å². The van der Waals surface area contributed by atoms with E-state index < -0.39 is 29.5 Å². The van der Waals surface area contributed by atoms with E-state index in [1.807, 2.05) is 11.0 Å². The number of aliphatic hydroxyl groups excluding tert-OH is 1. The molecule has 15 heteroatoms. The third-order valence-electron chi connectivity index (χ3n) is 9.76. The summed E-state index contributed by atoms with van der Waals surface area (Å²) in [5.41, 5.74) is 0.0485. The number of halogens is 2. The van der Waals surface area contributed by atoms with Gasteiger partial charge in [0.15, 0.2) is 5.82 Å². The normalized spacial score (nSPS) is 18.4. The van der Waals surface area contributed by atoms with Gasteiger partial charge in [-0.05, 0) is 55.0 Å². The summed E-state index contributed by atoms with van der Waals surface area (Å²) in [6.45, 7) is 4.47. The number of piperazine rings is 1. The molecule has 0 amide bonds. The van der Waals surface area contributed by atoms with Crippen molar-refractivity contribution in [3.8, 4) is 16.9 Å². The maximum absolute atomic E-state index is 15.5. The van der Waals surface area contributed by atoms with Crippen LogP contribution in [-0.2, 0) is 18.4 Å². The molecule has 2 aliphatic rings. The molecule has 0 bridgehead atoms. The SMILES string of the molecule is Cn1cc(-c2ccnc(-n3ccn4c(c(F)c5cc(F)ccc54)c3=O)c2CO)cc(Nc2ccc(N3CCN(C4COC4)C[C@]3(C)O)cn2)c1=O. The molecule has 262 valence electrons. The number of fused-ring (bicyclic) bond motifs is 3. The van der Waals surface area contributed by atoms with Gasteiger partial charge in [-0.3, -0.25) is 19.1 Å². The Morgan fingerprint density at radius 2 is 1.86 bits per heavy atom. The number of nitrogens with zero attached hydrogens (tertiary/aromatic N) is 7. The fraction of sp³-hybridized carbons (Fsp3) is 0.278. The molecule has 1 atom stereocenters. The number of ether oxygens (including phenoxy) is 1. The highest BCUT2D eigenvalue weighted by atomic mass is 19.1. The Hall–Kier alpha value is -5.48. The minimum Gasteiger partial charge on any atom is -0.392 e. The van der Waals surface area contributed by atoms with Gasteiger partial charge in [-0.25, -0.2) is 18.7 Å².